The molecule has 0 spiro atoms. The summed E-state index contributed by atoms with van der Waals surface area (Å²) in [6.07, 6.45) is 7.48. The lowest BCUT2D eigenvalue weighted by Crippen LogP contribution is -2.21. The van der Waals surface area contributed by atoms with Crippen LogP contribution in [0.15, 0.2) is 18.2 Å². The number of unbranched alkanes of at least 4 members (excludes halogenated alkanes) is 3. The van der Waals surface area contributed by atoms with E-state index in [2.05, 4.69) is 11.9 Å². The third kappa shape index (κ3) is 9.52. The lowest BCUT2D eigenvalue weighted by atomic mass is 10.1. The number of esters is 2. The van der Waals surface area contributed by atoms with E-state index in [-0.39, 0.29) is 17.5 Å². The van der Waals surface area contributed by atoms with Crippen LogP contribution in [0.3, 0.4) is 0 Å². The second-order valence-corrected chi connectivity index (χ2v) is 6.56. The van der Waals surface area contributed by atoms with Crippen molar-refractivity contribution in [3.8, 4) is 0 Å². The maximum Gasteiger partial charge on any atom is 0.357 e. The average molecular weight is 379 g/mol. The fourth-order valence-corrected chi connectivity index (χ4v) is 2.66. The van der Waals surface area contributed by atoms with Crippen molar-refractivity contribution in [2.45, 2.75) is 71.3 Å². The maximum absolute atomic E-state index is 12.5. The Bertz CT molecular complexity index is 561. The molecule has 0 saturated heterocycles. The molecular weight excluding hydrogens is 346 g/mol. The summed E-state index contributed by atoms with van der Waals surface area (Å²) in [6, 6.07) is 4.71. The molecule has 27 heavy (non-hydrogen) atoms. The normalized spacial score (nSPS) is 11.8. The highest BCUT2D eigenvalue weighted by atomic mass is 16.5. The van der Waals surface area contributed by atoms with Gasteiger partial charge in [0.2, 0.25) is 0 Å². The van der Waals surface area contributed by atoms with Crippen LogP contribution in [0.4, 0.5) is 0 Å². The van der Waals surface area contributed by atoms with E-state index in [1.165, 1.54) is 18.9 Å². The molecule has 1 atom stereocenters. The Morgan fingerprint density at radius 2 is 1.63 bits per heavy atom. The van der Waals surface area contributed by atoms with Gasteiger partial charge in [-0.15, -0.1) is 0 Å². The monoisotopic (exact) mass is 379 g/mol. The highest BCUT2D eigenvalue weighted by Gasteiger charge is 2.19. The van der Waals surface area contributed by atoms with Gasteiger partial charge in [0, 0.05) is 13.7 Å². The fraction of sp³-hybridized carbons (Fsp3) is 0.667. The summed E-state index contributed by atoms with van der Waals surface area (Å²) in [5, 5.41) is 0. The fourth-order valence-electron chi connectivity index (χ4n) is 2.66. The summed E-state index contributed by atoms with van der Waals surface area (Å²) in [4.78, 5) is 28.5. The van der Waals surface area contributed by atoms with E-state index in [0.717, 1.165) is 38.5 Å². The summed E-state index contributed by atoms with van der Waals surface area (Å²) in [5.74, 6) is -1.03. The molecule has 6 nitrogen and oxygen atoms in total. The van der Waals surface area contributed by atoms with Crippen LogP contribution in [-0.4, -0.2) is 43.4 Å². The van der Waals surface area contributed by atoms with Crippen LogP contribution in [-0.2, 0) is 14.2 Å². The number of hydrogen-bond donors (Lipinski definition) is 0. The Morgan fingerprint density at radius 3 is 2.30 bits per heavy atom. The zero-order chi connectivity index (χ0) is 19.9. The molecule has 1 rings (SSSR count). The molecule has 0 amide bonds. The topological polar surface area (TPSA) is 74.7 Å². The van der Waals surface area contributed by atoms with E-state index in [4.69, 9.17) is 14.2 Å². The van der Waals surface area contributed by atoms with Crippen LogP contribution in [0.2, 0.25) is 0 Å². The standard InChI is InChI=1S/C21H33NO5/c1-4-6-7-8-11-17(12-10-16-25-3)27-21(24)19-14-9-13-18(22-19)20(23)26-15-5-2/h9,13-14,17H,4-8,10-12,15-16H2,1-3H3. The van der Waals surface area contributed by atoms with Crippen molar-refractivity contribution in [3.05, 3.63) is 29.6 Å². The molecule has 1 aromatic rings. The van der Waals surface area contributed by atoms with Crippen molar-refractivity contribution in [3.63, 3.8) is 0 Å². The SMILES string of the molecule is CCCCCCC(CCCOC)OC(=O)c1cccc(C(=O)OCCC)n1. The van der Waals surface area contributed by atoms with Crippen molar-refractivity contribution >= 4 is 11.9 Å². The molecule has 0 N–H and O–H groups in total. The first-order valence-corrected chi connectivity index (χ1v) is 9.96. The van der Waals surface area contributed by atoms with Crippen LogP contribution in [0.1, 0.15) is 86.2 Å². The molecule has 0 saturated carbocycles. The van der Waals surface area contributed by atoms with Crippen LogP contribution < -0.4 is 0 Å². The van der Waals surface area contributed by atoms with E-state index in [0.29, 0.717) is 13.2 Å². The molecule has 0 radical (unpaired) electrons. The quantitative estimate of drug-likeness (QED) is 0.348. The third-order valence-corrected chi connectivity index (χ3v) is 4.13. The van der Waals surface area contributed by atoms with E-state index < -0.39 is 11.9 Å². The minimum absolute atomic E-state index is 0.122. The van der Waals surface area contributed by atoms with E-state index in [9.17, 15) is 9.59 Å². The molecule has 152 valence electrons. The first-order valence-electron chi connectivity index (χ1n) is 9.96. The number of nitrogens with zero attached hydrogens (tertiary/aromatic N) is 1. The van der Waals surface area contributed by atoms with Crippen LogP contribution >= 0.6 is 0 Å². The van der Waals surface area contributed by atoms with Gasteiger partial charge in [-0.3, -0.25) is 0 Å². The number of rotatable bonds is 14. The van der Waals surface area contributed by atoms with Crippen molar-refractivity contribution < 1.29 is 23.8 Å². The van der Waals surface area contributed by atoms with Gasteiger partial charge in [-0.1, -0.05) is 39.2 Å². The molecule has 0 bridgehead atoms. The van der Waals surface area contributed by atoms with Crippen molar-refractivity contribution in [2.75, 3.05) is 20.3 Å². The molecule has 0 aliphatic heterocycles. The summed E-state index contributed by atoms with van der Waals surface area (Å²) in [7, 11) is 1.66. The molecule has 1 aromatic heterocycles. The van der Waals surface area contributed by atoms with Gasteiger partial charge in [-0.05, 0) is 44.2 Å². The summed E-state index contributed by atoms with van der Waals surface area (Å²) >= 11 is 0. The molecule has 0 aliphatic carbocycles. The number of hydrogen-bond acceptors (Lipinski definition) is 6. The Hall–Kier alpha value is -1.95. The number of aromatic nitrogens is 1. The van der Waals surface area contributed by atoms with Gasteiger partial charge >= 0.3 is 11.9 Å². The number of carbonyl (C=O) groups is 2. The summed E-state index contributed by atoms with van der Waals surface area (Å²) in [6.45, 7) is 5.05. The van der Waals surface area contributed by atoms with Crippen LogP contribution in [0.5, 0.6) is 0 Å². The Labute approximate surface area is 162 Å². The van der Waals surface area contributed by atoms with Gasteiger partial charge in [-0.2, -0.15) is 0 Å². The largest absolute Gasteiger partial charge is 0.461 e. The van der Waals surface area contributed by atoms with E-state index in [1.807, 2.05) is 6.92 Å². The zero-order valence-corrected chi connectivity index (χ0v) is 16.9. The van der Waals surface area contributed by atoms with Gasteiger partial charge in [-0.25, -0.2) is 14.6 Å². The second-order valence-electron chi connectivity index (χ2n) is 6.56. The first-order chi connectivity index (χ1) is 13.1. The lowest BCUT2D eigenvalue weighted by Gasteiger charge is -2.18. The lowest BCUT2D eigenvalue weighted by molar-refractivity contribution is 0.0225. The number of pyridine rings is 1. The van der Waals surface area contributed by atoms with E-state index in [1.54, 1.807) is 19.2 Å². The van der Waals surface area contributed by atoms with Gasteiger partial charge in [0.05, 0.1) is 6.61 Å². The predicted octanol–water partition coefficient (Wildman–Crippen LogP) is 4.57. The number of ether oxygens (including phenoxy) is 3. The third-order valence-electron chi connectivity index (χ3n) is 4.13. The summed E-state index contributed by atoms with van der Waals surface area (Å²) < 4.78 is 15.8. The Kier molecular flexibility index (Phi) is 12.1. The maximum atomic E-state index is 12.5. The minimum atomic E-state index is -0.525. The molecule has 0 aromatic carbocycles. The smallest absolute Gasteiger partial charge is 0.357 e. The van der Waals surface area contributed by atoms with Crippen molar-refractivity contribution in [2.24, 2.45) is 0 Å². The van der Waals surface area contributed by atoms with Gasteiger partial charge in [0.15, 0.2) is 0 Å². The van der Waals surface area contributed by atoms with Gasteiger partial charge in [0.1, 0.15) is 17.5 Å². The molecule has 0 fully saturated rings. The van der Waals surface area contributed by atoms with Gasteiger partial charge < -0.3 is 14.2 Å². The molecule has 6 heteroatoms. The Morgan fingerprint density at radius 1 is 0.926 bits per heavy atom. The zero-order valence-electron chi connectivity index (χ0n) is 16.9. The highest BCUT2D eigenvalue weighted by molar-refractivity contribution is 5.91. The molecule has 1 unspecified atom stereocenters. The van der Waals surface area contributed by atoms with Crippen molar-refractivity contribution in [1.82, 2.24) is 4.98 Å². The Balaban J connectivity index is 2.67. The van der Waals surface area contributed by atoms with Crippen LogP contribution in [0.25, 0.3) is 0 Å². The highest BCUT2D eigenvalue weighted by Crippen LogP contribution is 2.15. The summed E-state index contributed by atoms with van der Waals surface area (Å²) in [5.41, 5.74) is 0.253. The molecule has 1 heterocycles. The van der Waals surface area contributed by atoms with Gasteiger partial charge in [0.25, 0.3) is 0 Å². The number of carbonyl (C=O) groups excluding carboxylic acids is 2. The number of methoxy groups -OCH3 is 1. The first kappa shape index (κ1) is 23.1. The van der Waals surface area contributed by atoms with Crippen LogP contribution in [0, 0.1) is 0 Å². The van der Waals surface area contributed by atoms with Crippen molar-refractivity contribution in [1.29, 1.82) is 0 Å². The minimum Gasteiger partial charge on any atom is -0.461 e. The predicted molar refractivity (Wildman–Crippen MR) is 104 cm³/mol. The molecular formula is C21H33NO5. The average Bonchev–Trinajstić information content (AvgIpc) is 2.69. The second kappa shape index (κ2) is 14.2. The van der Waals surface area contributed by atoms with E-state index >= 15 is 0 Å². The molecule has 0 aliphatic rings.